The smallest absolute Gasteiger partial charge is 0.221 e. The molecule has 1 aliphatic rings. The lowest BCUT2D eigenvalue weighted by Crippen LogP contribution is -2.43. The largest absolute Gasteiger partial charge is 0.369 e. The Morgan fingerprint density at radius 3 is 2.22 bits per heavy atom. The molecule has 0 spiro atoms. The van der Waals surface area contributed by atoms with Gasteiger partial charge >= 0.3 is 0 Å². The highest BCUT2D eigenvalue weighted by molar-refractivity contribution is 5.76. The van der Waals surface area contributed by atoms with Crippen molar-refractivity contribution in [3.05, 3.63) is 35.4 Å². The second-order valence-corrected chi connectivity index (χ2v) is 5.04. The van der Waals surface area contributed by atoms with Crippen LogP contribution in [-0.2, 0) is 17.8 Å². The molecule has 2 N–H and O–H groups in total. The molecule has 0 atom stereocenters. The van der Waals surface area contributed by atoms with Crippen LogP contribution in [0.25, 0.3) is 0 Å². The first-order valence-electron chi connectivity index (χ1n) is 6.40. The summed E-state index contributed by atoms with van der Waals surface area (Å²) in [5, 5.41) is 0. The van der Waals surface area contributed by atoms with Crippen molar-refractivity contribution in [3.63, 3.8) is 0 Å². The van der Waals surface area contributed by atoms with Crippen LogP contribution in [-0.4, -0.2) is 48.9 Å². The number of carbonyl (C=O) groups is 1. The molecule has 1 aromatic carbocycles. The average molecular weight is 247 g/mol. The zero-order chi connectivity index (χ0) is 13.0. The van der Waals surface area contributed by atoms with Gasteiger partial charge in [0.25, 0.3) is 0 Å². The highest BCUT2D eigenvalue weighted by atomic mass is 16.1. The molecule has 18 heavy (non-hydrogen) atoms. The van der Waals surface area contributed by atoms with Crippen molar-refractivity contribution in [1.82, 2.24) is 9.80 Å². The van der Waals surface area contributed by atoms with Crippen LogP contribution < -0.4 is 5.73 Å². The SMILES string of the molecule is CN1CCN(Cc2ccc(CC(N)=O)cc2)CC1. The van der Waals surface area contributed by atoms with Gasteiger partial charge in [0.1, 0.15) is 0 Å². The van der Waals surface area contributed by atoms with Crippen LogP contribution in [0.4, 0.5) is 0 Å². The lowest BCUT2D eigenvalue weighted by molar-refractivity contribution is -0.117. The van der Waals surface area contributed by atoms with Crippen molar-refractivity contribution in [3.8, 4) is 0 Å². The van der Waals surface area contributed by atoms with Crippen LogP contribution in [0.3, 0.4) is 0 Å². The number of carbonyl (C=O) groups excluding carboxylic acids is 1. The van der Waals surface area contributed by atoms with E-state index in [1.807, 2.05) is 12.1 Å². The third-order valence-electron chi connectivity index (χ3n) is 3.40. The molecule has 0 radical (unpaired) electrons. The van der Waals surface area contributed by atoms with Crippen molar-refractivity contribution >= 4 is 5.91 Å². The van der Waals surface area contributed by atoms with Gasteiger partial charge in [-0.25, -0.2) is 0 Å². The molecule has 1 heterocycles. The molecule has 98 valence electrons. The van der Waals surface area contributed by atoms with Crippen LogP contribution in [0.5, 0.6) is 0 Å². The summed E-state index contributed by atoms with van der Waals surface area (Å²) in [6, 6.07) is 8.18. The van der Waals surface area contributed by atoms with Crippen LogP contribution in [0, 0.1) is 0 Å². The lowest BCUT2D eigenvalue weighted by atomic mass is 10.1. The van der Waals surface area contributed by atoms with E-state index in [-0.39, 0.29) is 5.91 Å². The fourth-order valence-electron chi connectivity index (χ4n) is 2.23. The number of nitrogens with zero attached hydrogens (tertiary/aromatic N) is 2. The van der Waals surface area contributed by atoms with Crippen molar-refractivity contribution in [1.29, 1.82) is 0 Å². The van der Waals surface area contributed by atoms with Gasteiger partial charge in [0, 0.05) is 32.7 Å². The van der Waals surface area contributed by atoms with Crippen molar-refractivity contribution < 1.29 is 4.79 Å². The molecule has 2 rings (SSSR count). The first-order chi connectivity index (χ1) is 8.63. The molecule has 0 saturated carbocycles. The molecule has 1 fully saturated rings. The Kier molecular flexibility index (Phi) is 4.33. The predicted molar refractivity (Wildman–Crippen MR) is 72.1 cm³/mol. The van der Waals surface area contributed by atoms with E-state index in [4.69, 9.17) is 5.73 Å². The molecule has 0 unspecified atom stereocenters. The van der Waals surface area contributed by atoms with Crippen molar-refractivity contribution in [2.24, 2.45) is 5.73 Å². The average Bonchev–Trinajstić information content (AvgIpc) is 2.34. The minimum Gasteiger partial charge on any atom is -0.369 e. The van der Waals surface area contributed by atoms with Crippen LogP contribution in [0.2, 0.25) is 0 Å². The van der Waals surface area contributed by atoms with Crippen LogP contribution in [0.1, 0.15) is 11.1 Å². The number of rotatable bonds is 4. The molecule has 4 heteroatoms. The maximum Gasteiger partial charge on any atom is 0.221 e. The second kappa shape index (κ2) is 5.98. The highest BCUT2D eigenvalue weighted by Gasteiger charge is 2.13. The number of piperazine rings is 1. The zero-order valence-electron chi connectivity index (χ0n) is 10.9. The number of hydrogen-bond acceptors (Lipinski definition) is 3. The van der Waals surface area contributed by atoms with Gasteiger partial charge in [0.2, 0.25) is 5.91 Å². The number of primary amides is 1. The normalized spacial score (nSPS) is 17.8. The third kappa shape index (κ3) is 3.82. The van der Waals surface area contributed by atoms with E-state index in [1.165, 1.54) is 5.56 Å². The fourth-order valence-corrected chi connectivity index (χ4v) is 2.23. The standard InChI is InChI=1S/C14H21N3O/c1-16-6-8-17(9-7-16)11-13-4-2-12(3-5-13)10-14(15)18/h2-5H,6-11H2,1H3,(H2,15,18). The predicted octanol–water partition coefficient (Wildman–Crippen LogP) is 0.462. The Bertz CT molecular complexity index is 394. The van der Waals surface area contributed by atoms with Gasteiger partial charge in [-0.15, -0.1) is 0 Å². The minimum absolute atomic E-state index is 0.276. The Morgan fingerprint density at radius 1 is 1.11 bits per heavy atom. The fraction of sp³-hybridized carbons (Fsp3) is 0.500. The van der Waals surface area contributed by atoms with Gasteiger partial charge in [0.15, 0.2) is 0 Å². The molecule has 1 aliphatic heterocycles. The van der Waals surface area contributed by atoms with E-state index in [9.17, 15) is 4.79 Å². The molecule has 0 bridgehead atoms. The van der Waals surface area contributed by atoms with E-state index < -0.39 is 0 Å². The Morgan fingerprint density at radius 2 is 1.67 bits per heavy atom. The van der Waals surface area contributed by atoms with E-state index in [0.717, 1.165) is 38.3 Å². The maximum atomic E-state index is 10.8. The van der Waals surface area contributed by atoms with E-state index in [2.05, 4.69) is 29.0 Å². The van der Waals surface area contributed by atoms with Gasteiger partial charge in [-0.1, -0.05) is 24.3 Å². The number of benzene rings is 1. The molecule has 1 amide bonds. The Labute approximate surface area is 108 Å². The van der Waals surface area contributed by atoms with E-state index in [1.54, 1.807) is 0 Å². The first-order valence-corrected chi connectivity index (χ1v) is 6.40. The number of amides is 1. The monoisotopic (exact) mass is 247 g/mol. The molecule has 0 aliphatic carbocycles. The summed E-state index contributed by atoms with van der Waals surface area (Å²) in [4.78, 5) is 15.6. The van der Waals surface area contributed by atoms with Crippen LogP contribution in [0.15, 0.2) is 24.3 Å². The number of likely N-dealkylation sites (N-methyl/N-ethyl adjacent to an activating group) is 1. The summed E-state index contributed by atoms with van der Waals surface area (Å²) in [6.07, 6.45) is 0.328. The minimum atomic E-state index is -0.276. The third-order valence-corrected chi connectivity index (χ3v) is 3.40. The van der Waals surface area contributed by atoms with Crippen LogP contribution >= 0.6 is 0 Å². The summed E-state index contributed by atoms with van der Waals surface area (Å²) in [5.74, 6) is -0.276. The van der Waals surface area contributed by atoms with Crippen molar-refractivity contribution in [2.75, 3.05) is 33.2 Å². The summed E-state index contributed by atoms with van der Waals surface area (Å²) >= 11 is 0. The molecule has 1 aromatic rings. The first kappa shape index (κ1) is 13.1. The quantitative estimate of drug-likeness (QED) is 0.841. The van der Waals surface area contributed by atoms with Gasteiger partial charge in [-0.2, -0.15) is 0 Å². The molecular formula is C14H21N3O. The van der Waals surface area contributed by atoms with E-state index in [0.29, 0.717) is 6.42 Å². The van der Waals surface area contributed by atoms with E-state index >= 15 is 0 Å². The molecule has 1 saturated heterocycles. The Balaban J connectivity index is 1.88. The van der Waals surface area contributed by atoms with Gasteiger partial charge in [0.05, 0.1) is 6.42 Å². The molecule has 4 nitrogen and oxygen atoms in total. The summed E-state index contributed by atoms with van der Waals surface area (Å²) < 4.78 is 0. The van der Waals surface area contributed by atoms with Crippen molar-refractivity contribution in [2.45, 2.75) is 13.0 Å². The van der Waals surface area contributed by atoms with Gasteiger partial charge in [-0.05, 0) is 18.2 Å². The number of hydrogen-bond donors (Lipinski definition) is 1. The Hall–Kier alpha value is -1.39. The topological polar surface area (TPSA) is 49.6 Å². The molecular weight excluding hydrogens is 226 g/mol. The summed E-state index contributed by atoms with van der Waals surface area (Å²) in [5.41, 5.74) is 7.46. The van der Waals surface area contributed by atoms with Gasteiger partial charge in [-0.3, -0.25) is 9.69 Å². The maximum absolute atomic E-state index is 10.8. The number of nitrogens with two attached hydrogens (primary N) is 1. The second-order valence-electron chi connectivity index (χ2n) is 5.04. The van der Waals surface area contributed by atoms with Gasteiger partial charge < -0.3 is 10.6 Å². The summed E-state index contributed by atoms with van der Waals surface area (Å²) in [6.45, 7) is 5.52. The lowest BCUT2D eigenvalue weighted by Gasteiger charge is -2.32. The molecule has 0 aromatic heterocycles. The summed E-state index contributed by atoms with van der Waals surface area (Å²) in [7, 11) is 2.16. The highest BCUT2D eigenvalue weighted by Crippen LogP contribution is 2.10. The zero-order valence-corrected chi connectivity index (χ0v) is 10.9.